The molecule has 0 bridgehead atoms. The lowest BCUT2D eigenvalue weighted by atomic mass is 9.79. The molecular formula is C19H25NO2. The van der Waals surface area contributed by atoms with Gasteiger partial charge in [0.15, 0.2) is 0 Å². The van der Waals surface area contributed by atoms with Gasteiger partial charge in [-0.05, 0) is 41.5 Å². The van der Waals surface area contributed by atoms with Gasteiger partial charge in [-0.1, -0.05) is 50.2 Å². The van der Waals surface area contributed by atoms with E-state index in [4.69, 9.17) is 0 Å². The average molecular weight is 299 g/mol. The summed E-state index contributed by atoms with van der Waals surface area (Å²) in [5.41, 5.74) is 0.692. The molecule has 2 aromatic carbocycles. The van der Waals surface area contributed by atoms with Gasteiger partial charge < -0.3 is 10.4 Å². The van der Waals surface area contributed by atoms with Crippen LogP contribution in [0.1, 0.15) is 43.5 Å². The predicted molar refractivity (Wildman–Crippen MR) is 91.0 cm³/mol. The molecule has 0 aromatic heterocycles. The van der Waals surface area contributed by atoms with Crippen molar-refractivity contribution in [2.75, 3.05) is 13.2 Å². The van der Waals surface area contributed by atoms with E-state index in [9.17, 15) is 9.90 Å². The van der Waals surface area contributed by atoms with Gasteiger partial charge in [-0.3, -0.25) is 4.79 Å². The van der Waals surface area contributed by atoms with Crippen LogP contribution in [0.25, 0.3) is 10.8 Å². The van der Waals surface area contributed by atoms with Crippen LogP contribution in [0.3, 0.4) is 0 Å². The number of nitrogens with one attached hydrogen (secondary N) is 1. The molecule has 3 heteroatoms. The number of fused-ring (bicyclic) bond motifs is 1. The minimum atomic E-state index is -0.0407. The predicted octanol–water partition coefficient (Wildman–Crippen LogP) is 3.76. The Labute approximate surface area is 132 Å². The van der Waals surface area contributed by atoms with Crippen LogP contribution in [-0.4, -0.2) is 24.2 Å². The van der Waals surface area contributed by atoms with Crippen molar-refractivity contribution in [3.63, 3.8) is 0 Å². The fourth-order valence-corrected chi connectivity index (χ4v) is 2.97. The summed E-state index contributed by atoms with van der Waals surface area (Å²) in [5.74, 6) is -0.0407. The number of aliphatic hydroxyl groups excluding tert-OH is 1. The van der Waals surface area contributed by atoms with Crippen molar-refractivity contribution in [2.45, 2.75) is 33.1 Å². The lowest BCUT2D eigenvalue weighted by molar-refractivity contribution is 0.0909. The van der Waals surface area contributed by atoms with Crippen LogP contribution in [0.4, 0.5) is 0 Å². The number of carbonyl (C=O) groups excluding carboxylic acids is 1. The Bertz CT molecular complexity index is 627. The van der Waals surface area contributed by atoms with Gasteiger partial charge in [0.25, 0.3) is 5.91 Å². The molecule has 118 valence electrons. The number of hydrogen-bond acceptors (Lipinski definition) is 2. The van der Waals surface area contributed by atoms with Crippen molar-refractivity contribution < 1.29 is 9.90 Å². The second kappa shape index (κ2) is 7.41. The van der Waals surface area contributed by atoms with Crippen molar-refractivity contribution in [2.24, 2.45) is 5.41 Å². The van der Waals surface area contributed by atoms with Crippen LogP contribution in [0.2, 0.25) is 0 Å². The van der Waals surface area contributed by atoms with Gasteiger partial charge >= 0.3 is 0 Å². The van der Waals surface area contributed by atoms with Gasteiger partial charge in [-0.2, -0.15) is 0 Å². The topological polar surface area (TPSA) is 49.3 Å². The Morgan fingerprint density at radius 1 is 1.09 bits per heavy atom. The molecule has 2 N–H and O–H groups in total. The highest BCUT2D eigenvalue weighted by Gasteiger charge is 2.26. The second-order valence-corrected chi connectivity index (χ2v) is 5.89. The lowest BCUT2D eigenvalue weighted by Gasteiger charge is -2.31. The van der Waals surface area contributed by atoms with Gasteiger partial charge in [-0.25, -0.2) is 0 Å². The Morgan fingerprint density at radius 3 is 2.45 bits per heavy atom. The number of carbonyl (C=O) groups is 1. The van der Waals surface area contributed by atoms with Gasteiger partial charge in [-0.15, -0.1) is 0 Å². The Balaban J connectivity index is 2.17. The summed E-state index contributed by atoms with van der Waals surface area (Å²) in [6.07, 6.45) is 2.61. The first kappa shape index (κ1) is 16.5. The summed E-state index contributed by atoms with van der Waals surface area (Å²) in [5, 5.41) is 14.4. The molecular weight excluding hydrogens is 274 g/mol. The summed E-state index contributed by atoms with van der Waals surface area (Å²) in [4.78, 5) is 12.6. The quantitative estimate of drug-likeness (QED) is 0.818. The zero-order valence-electron chi connectivity index (χ0n) is 13.4. The molecule has 1 amide bonds. The summed E-state index contributed by atoms with van der Waals surface area (Å²) in [6, 6.07) is 13.7. The lowest BCUT2D eigenvalue weighted by Crippen LogP contribution is -2.37. The van der Waals surface area contributed by atoms with Crippen LogP contribution in [0, 0.1) is 5.41 Å². The molecule has 0 spiro atoms. The van der Waals surface area contributed by atoms with Crippen LogP contribution in [0.15, 0.2) is 42.5 Å². The van der Waals surface area contributed by atoms with E-state index in [2.05, 4.69) is 19.2 Å². The van der Waals surface area contributed by atoms with Crippen LogP contribution in [-0.2, 0) is 0 Å². The zero-order valence-corrected chi connectivity index (χ0v) is 13.4. The van der Waals surface area contributed by atoms with E-state index < -0.39 is 0 Å². The monoisotopic (exact) mass is 299 g/mol. The van der Waals surface area contributed by atoms with Gasteiger partial charge in [0.1, 0.15) is 0 Å². The average Bonchev–Trinajstić information content (AvgIpc) is 2.58. The molecule has 0 aliphatic heterocycles. The standard InChI is InChI=1S/C19H25NO2/c1-3-19(4-2,12-13-21)14-20-18(22)17-11-7-9-15-8-5-6-10-16(15)17/h5-11,21H,3-4,12-14H2,1-2H3,(H,20,22). The first-order valence-corrected chi connectivity index (χ1v) is 8.02. The molecule has 0 radical (unpaired) electrons. The van der Waals surface area contributed by atoms with Crippen LogP contribution in [0.5, 0.6) is 0 Å². The van der Waals surface area contributed by atoms with Crippen molar-refractivity contribution in [1.29, 1.82) is 0 Å². The maximum absolute atomic E-state index is 12.6. The molecule has 0 fully saturated rings. The molecule has 0 saturated carbocycles. The van der Waals surface area contributed by atoms with E-state index in [1.807, 2.05) is 42.5 Å². The number of amides is 1. The smallest absolute Gasteiger partial charge is 0.251 e. The highest BCUT2D eigenvalue weighted by molar-refractivity contribution is 6.07. The van der Waals surface area contributed by atoms with Crippen molar-refractivity contribution in [3.8, 4) is 0 Å². The molecule has 0 unspecified atom stereocenters. The van der Waals surface area contributed by atoms with E-state index in [-0.39, 0.29) is 17.9 Å². The highest BCUT2D eigenvalue weighted by Crippen LogP contribution is 2.29. The van der Waals surface area contributed by atoms with Crippen molar-refractivity contribution in [3.05, 3.63) is 48.0 Å². The van der Waals surface area contributed by atoms with Crippen LogP contribution >= 0.6 is 0 Å². The number of rotatable bonds is 7. The normalized spacial score (nSPS) is 11.6. The Kier molecular flexibility index (Phi) is 5.56. The molecule has 0 atom stereocenters. The second-order valence-electron chi connectivity index (χ2n) is 5.89. The van der Waals surface area contributed by atoms with Gasteiger partial charge in [0.05, 0.1) is 0 Å². The molecule has 3 nitrogen and oxygen atoms in total. The van der Waals surface area contributed by atoms with E-state index >= 15 is 0 Å². The summed E-state index contributed by atoms with van der Waals surface area (Å²) in [6.45, 7) is 4.99. The fourth-order valence-electron chi connectivity index (χ4n) is 2.97. The maximum atomic E-state index is 12.6. The third-order valence-electron chi connectivity index (χ3n) is 4.80. The van der Waals surface area contributed by atoms with Gasteiger partial charge in [0.2, 0.25) is 0 Å². The number of hydrogen-bond donors (Lipinski definition) is 2. The SMILES string of the molecule is CCC(CC)(CCO)CNC(=O)c1cccc2ccccc12. The van der Waals surface area contributed by atoms with Gasteiger partial charge in [0, 0.05) is 18.7 Å². The Hall–Kier alpha value is -1.87. The molecule has 22 heavy (non-hydrogen) atoms. The molecule has 0 saturated heterocycles. The van der Waals surface area contributed by atoms with E-state index in [1.54, 1.807) is 0 Å². The fraction of sp³-hybridized carbons (Fsp3) is 0.421. The molecule has 2 rings (SSSR count). The van der Waals surface area contributed by atoms with E-state index in [0.717, 1.165) is 30.0 Å². The van der Waals surface area contributed by atoms with E-state index in [0.29, 0.717) is 12.1 Å². The van der Waals surface area contributed by atoms with Crippen molar-refractivity contribution >= 4 is 16.7 Å². The maximum Gasteiger partial charge on any atom is 0.251 e. The molecule has 2 aromatic rings. The minimum absolute atomic E-state index is 0.0189. The largest absolute Gasteiger partial charge is 0.396 e. The molecule has 0 heterocycles. The number of aliphatic hydroxyl groups is 1. The first-order chi connectivity index (χ1) is 10.7. The summed E-state index contributed by atoms with van der Waals surface area (Å²) < 4.78 is 0. The number of benzene rings is 2. The van der Waals surface area contributed by atoms with Crippen molar-refractivity contribution in [1.82, 2.24) is 5.32 Å². The minimum Gasteiger partial charge on any atom is -0.396 e. The van der Waals surface area contributed by atoms with E-state index in [1.165, 1.54) is 0 Å². The highest BCUT2D eigenvalue weighted by atomic mass is 16.3. The first-order valence-electron chi connectivity index (χ1n) is 8.02. The molecule has 0 aliphatic carbocycles. The summed E-state index contributed by atoms with van der Waals surface area (Å²) >= 11 is 0. The third kappa shape index (κ3) is 3.47. The zero-order chi connectivity index (χ0) is 16.0. The van der Waals surface area contributed by atoms with Crippen LogP contribution < -0.4 is 5.32 Å². The molecule has 0 aliphatic rings. The Morgan fingerprint density at radius 2 is 1.77 bits per heavy atom. The summed E-state index contributed by atoms with van der Waals surface area (Å²) in [7, 11) is 0. The third-order valence-corrected chi connectivity index (χ3v) is 4.80.